The molecule has 0 saturated heterocycles. The molecule has 128 valence electrons. The molecule has 0 aliphatic heterocycles. The molecule has 0 aliphatic rings. The van der Waals surface area contributed by atoms with Gasteiger partial charge in [0.15, 0.2) is 5.69 Å². The SMILES string of the molecule is CNC(=O)[C@H](Cc1cccc(Br)c1)NC(=O)c1n[nH]c2ccccc12. The lowest BCUT2D eigenvalue weighted by Gasteiger charge is -2.17. The van der Waals surface area contributed by atoms with E-state index >= 15 is 0 Å². The molecular formula is C18H17BrN4O2. The second-order valence-electron chi connectivity index (χ2n) is 5.59. The van der Waals surface area contributed by atoms with Crippen LogP contribution in [0.15, 0.2) is 53.0 Å². The standard InChI is InChI=1S/C18H17BrN4O2/c1-20-17(24)15(10-11-5-4-6-12(19)9-11)21-18(25)16-13-7-2-3-8-14(13)22-23-16/h2-9,15H,10H2,1H3,(H,20,24)(H,21,25)(H,22,23)/t15-/m0/s1. The predicted molar refractivity (Wildman–Crippen MR) is 99.3 cm³/mol. The van der Waals surface area contributed by atoms with Crippen LogP contribution in [-0.4, -0.2) is 35.1 Å². The third-order valence-electron chi connectivity index (χ3n) is 3.88. The van der Waals surface area contributed by atoms with Gasteiger partial charge >= 0.3 is 0 Å². The van der Waals surface area contributed by atoms with Crippen LogP contribution in [0.1, 0.15) is 16.1 Å². The summed E-state index contributed by atoms with van der Waals surface area (Å²) in [6.45, 7) is 0. The quantitative estimate of drug-likeness (QED) is 0.614. The second kappa shape index (κ2) is 7.48. The van der Waals surface area contributed by atoms with E-state index in [0.29, 0.717) is 6.42 Å². The van der Waals surface area contributed by atoms with Gasteiger partial charge in [-0.15, -0.1) is 0 Å². The van der Waals surface area contributed by atoms with Crippen molar-refractivity contribution >= 4 is 38.6 Å². The van der Waals surface area contributed by atoms with E-state index in [2.05, 4.69) is 36.8 Å². The Kier molecular flexibility index (Phi) is 5.14. The zero-order valence-electron chi connectivity index (χ0n) is 13.5. The Morgan fingerprint density at radius 3 is 2.76 bits per heavy atom. The van der Waals surface area contributed by atoms with Gasteiger partial charge in [-0.1, -0.05) is 46.3 Å². The summed E-state index contributed by atoms with van der Waals surface area (Å²) in [4.78, 5) is 24.8. The molecular weight excluding hydrogens is 384 g/mol. The van der Waals surface area contributed by atoms with Gasteiger partial charge in [0.2, 0.25) is 5.91 Å². The fraction of sp³-hybridized carbons (Fsp3) is 0.167. The molecule has 1 aromatic heterocycles. The summed E-state index contributed by atoms with van der Waals surface area (Å²) in [5.41, 5.74) is 1.99. The number of likely N-dealkylation sites (N-methyl/N-ethyl adjacent to an activating group) is 1. The number of halogens is 1. The van der Waals surface area contributed by atoms with Crippen LogP contribution in [0.4, 0.5) is 0 Å². The zero-order valence-corrected chi connectivity index (χ0v) is 15.1. The second-order valence-corrected chi connectivity index (χ2v) is 6.51. The molecule has 3 aromatic rings. The number of benzene rings is 2. The van der Waals surface area contributed by atoms with E-state index in [9.17, 15) is 9.59 Å². The van der Waals surface area contributed by atoms with Gasteiger partial charge in [-0.05, 0) is 23.8 Å². The van der Waals surface area contributed by atoms with E-state index in [1.807, 2.05) is 48.5 Å². The number of aromatic nitrogens is 2. The maximum Gasteiger partial charge on any atom is 0.273 e. The lowest BCUT2D eigenvalue weighted by molar-refractivity contribution is -0.122. The highest BCUT2D eigenvalue weighted by Gasteiger charge is 2.23. The highest BCUT2D eigenvalue weighted by molar-refractivity contribution is 9.10. The molecule has 0 bridgehead atoms. The van der Waals surface area contributed by atoms with E-state index < -0.39 is 6.04 Å². The van der Waals surface area contributed by atoms with Crippen molar-refractivity contribution in [2.75, 3.05) is 7.05 Å². The smallest absolute Gasteiger partial charge is 0.273 e. The number of aromatic amines is 1. The van der Waals surface area contributed by atoms with Crippen LogP contribution in [0.2, 0.25) is 0 Å². The van der Waals surface area contributed by atoms with E-state index in [0.717, 1.165) is 20.9 Å². The van der Waals surface area contributed by atoms with Gasteiger partial charge in [0.25, 0.3) is 5.91 Å². The first-order valence-electron chi connectivity index (χ1n) is 7.78. The minimum Gasteiger partial charge on any atom is -0.357 e. The largest absolute Gasteiger partial charge is 0.357 e. The van der Waals surface area contributed by atoms with E-state index in [1.54, 1.807) is 7.05 Å². The number of nitrogens with zero attached hydrogens (tertiary/aromatic N) is 1. The summed E-state index contributed by atoms with van der Waals surface area (Å²) in [7, 11) is 1.55. The van der Waals surface area contributed by atoms with Gasteiger partial charge in [0.05, 0.1) is 5.52 Å². The average Bonchev–Trinajstić information content (AvgIpc) is 3.04. The zero-order chi connectivity index (χ0) is 17.8. The molecule has 0 spiro atoms. The van der Waals surface area contributed by atoms with Crippen molar-refractivity contribution in [3.63, 3.8) is 0 Å². The molecule has 1 heterocycles. The highest BCUT2D eigenvalue weighted by atomic mass is 79.9. The number of fused-ring (bicyclic) bond motifs is 1. The van der Waals surface area contributed by atoms with Crippen molar-refractivity contribution in [3.05, 3.63) is 64.3 Å². The first-order valence-corrected chi connectivity index (χ1v) is 8.58. The third-order valence-corrected chi connectivity index (χ3v) is 4.38. The minimum atomic E-state index is -0.692. The molecule has 0 unspecified atom stereocenters. The summed E-state index contributed by atoms with van der Waals surface area (Å²) in [5.74, 6) is -0.644. The molecule has 3 rings (SSSR count). The molecule has 25 heavy (non-hydrogen) atoms. The number of carbonyl (C=O) groups is 2. The van der Waals surface area contributed by atoms with Gasteiger partial charge in [-0.2, -0.15) is 5.10 Å². The first-order chi connectivity index (χ1) is 12.1. The van der Waals surface area contributed by atoms with Crippen LogP contribution in [0.25, 0.3) is 10.9 Å². The number of carbonyl (C=O) groups excluding carboxylic acids is 2. The van der Waals surface area contributed by atoms with Crippen LogP contribution < -0.4 is 10.6 Å². The summed E-state index contributed by atoms with van der Waals surface area (Å²) in [6, 6.07) is 14.3. The topological polar surface area (TPSA) is 86.9 Å². The van der Waals surface area contributed by atoms with Gasteiger partial charge in [-0.25, -0.2) is 0 Å². The molecule has 0 fully saturated rings. The van der Waals surface area contributed by atoms with Gasteiger partial charge in [0.1, 0.15) is 6.04 Å². The molecule has 7 heteroatoms. The summed E-state index contributed by atoms with van der Waals surface area (Å²) in [6.07, 6.45) is 0.382. The van der Waals surface area contributed by atoms with E-state index in [4.69, 9.17) is 0 Å². The molecule has 3 N–H and O–H groups in total. The molecule has 0 aliphatic carbocycles. The Labute approximate surface area is 153 Å². The molecule has 0 saturated carbocycles. The van der Waals surface area contributed by atoms with Crippen molar-refractivity contribution in [2.24, 2.45) is 0 Å². The Morgan fingerprint density at radius 2 is 2.00 bits per heavy atom. The molecule has 2 aromatic carbocycles. The number of nitrogens with one attached hydrogen (secondary N) is 3. The van der Waals surface area contributed by atoms with E-state index in [1.165, 1.54) is 0 Å². The van der Waals surface area contributed by atoms with Crippen molar-refractivity contribution in [1.82, 2.24) is 20.8 Å². The monoisotopic (exact) mass is 400 g/mol. The van der Waals surface area contributed by atoms with Gasteiger partial charge in [-0.3, -0.25) is 14.7 Å². The number of hydrogen-bond acceptors (Lipinski definition) is 3. The maximum absolute atomic E-state index is 12.6. The van der Waals surface area contributed by atoms with Crippen molar-refractivity contribution < 1.29 is 9.59 Å². The fourth-order valence-electron chi connectivity index (χ4n) is 2.65. The Morgan fingerprint density at radius 1 is 1.20 bits per heavy atom. The lowest BCUT2D eigenvalue weighted by atomic mass is 10.0. The lowest BCUT2D eigenvalue weighted by Crippen LogP contribution is -2.47. The molecule has 1 atom stereocenters. The summed E-state index contributed by atoms with van der Waals surface area (Å²) in [5, 5.41) is 13.0. The highest BCUT2D eigenvalue weighted by Crippen LogP contribution is 2.16. The normalized spacial score (nSPS) is 11.9. The fourth-order valence-corrected chi connectivity index (χ4v) is 3.09. The maximum atomic E-state index is 12.6. The van der Waals surface area contributed by atoms with Crippen LogP contribution in [0.3, 0.4) is 0 Å². The average molecular weight is 401 g/mol. The summed E-state index contributed by atoms with van der Waals surface area (Å²) < 4.78 is 0.922. The summed E-state index contributed by atoms with van der Waals surface area (Å²) >= 11 is 3.41. The number of rotatable bonds is 5. The minimum absolute atomic E-state index is 0.256. The number of H-pyrrole nitrogens is 1. The van der Waals surface area contributed by atoms with Crippen LogP contribution in [-0.2, 0) is 11.2 Å². The Bertz CT molecular complexity index is 922. The van der Waals surface area contributed by atoms with Crippen LogP contribution in [0.5, 0.6) is 0 Å². The first kappa shape index (κ1) is 17.2. The van der Waals surface area contributed by atoms with Crippen molar-refractivity contribution in [2.45, 2.75) is 12.5 Å². The van der Waals surface area contributed by atoms with Crippen LogP contribution in [0, 0.1) is 0 Å². The number of hydrogen-bond donors (Lipinski definition) is 3. The van der Waals surface area contributed by atoms with E-state index in [-0.39, 0.29) is 17.5 Å². The Hall–Kier alpha value is -2.67. The van der Waals surface area contributed by atoms with Crippen LogP contribution >= 0.6 is 15.9 Å². The van der Waals surface area contributed by atoms with Crippen molar-refractivity contribution in [3.8, 4) is 0 Å². The third kappa shape index (κ3) is 3.88. The predicted octanol–water partition coefficient (Wildman–Crippen LogP) is 2.41. The van der Waals surface area contributed by atoms with Gasteiger partial charge < -0.3 is 10.6 Å². The number of para-hydroxylation sites is 1. The Balaban J connectivity index is 1.82. The van der Waals surface area contributed by atoms with Crippen molar-refractivity contribution in [1.29, 1.82) is 0 Å². The number of amides is 2. The van der Waals surface area contributed by atoms with Gasteiger partial charge in [0, 0.05) is 23.3 Å². The molecule has 6 nitrogen and oxygen atoms in total. The molecule has 0 radical (unpaired) electrons. The molecule has 2 amide bonds.